The quantitative estimate of drug-likeness (QED) is 0.742. The van der Waals surface area contributed by atoms with Crippen LogP contribution >= 0.6 is 0 Å². The maximum absolute atomic E-state index is 12.2. The lowest BCUT2D eigenvalue weighted by Crippen LogP contribution is -2.43. The summed E-state index contributed by atoms with van der Waals surface area (Å²) in [5.41, 5.74) is 1.03. The van der Waals surface area contributed by atoms with Gasteiger partial charge in [0.2, 0.25) is 0 Å². The van der Waals surface area contributed by atoms with Crippen LogP contribution in [0.5, 0.6) is 0 Å². The van der Waals surface area contributed by atoms with Crippen molar-refractivity contribution >= 4 is 11.6 Å². The second-order valence-corrected chi connectivity index (χ2v) is 5.83. The molecule has 0 spiro atoms. The van der Waals surface area contributed by atoms with Crippen LogP contribution in [-0.2, 0) is 9.53 Å². The van der Waals surface area contributed by atoms with Gasteiger partial charge in [-0.2, -0.15) is 0 Å². The molecule has 1 amide bonds. The number of nitrogens with zero attached hydrogens (tertiary/aromatic N) is 2. The van der Waals surface area contributed by atoms with E-state index in [1.807, 2.05) is 0 Å². The molecule has 21 heavy (non-hydrogen) atoms. The van der Waals surface area contributed by atoms with Crippen LogP contribution in [0.15, 0.2) is 11.8 Å². The third-order valence-corrected chi connectivity index (χ3v) is 3.93. The zero-order chi connectivity index (χ0) is 15.2. The van der Waals surface area contributed by atoms with E-state index in [4.69, 9.17) is 10.1 Å². The van der Waals surface area contributed by atoms with Gasteiger partial charge in [0.25, 0.3) is 5.91 Å². The van der Waals surface area contributed by atoms with Gasteiger partial charge in [-0.1, -0.05) is 0 Å². The molecule has 2 heterocycles. The van der Waals surface area contributed by atoms with Gasteiger partial charge in [-0.25, -0.2) is 0 Å². The number of amides is 1. The number of carbonyl (C=O) groups excluding carboxylic acids is 1. The van der Waals surface area contributed by atoms with Crippen molar-refractivity contribution in [3.05, 3.63) is 11.8 Å². The monoisotopic (exact) mass is 294 g/mol. The minimum atomic E-state index is -0.201. The van der Waals surface area contributed by atoms with Gasteiger partial charge in [0.05, 0.1) is 13.2 Å². The van der Waals surface area contributed by atoms with Crippen molar-refractivity contribution in [2.45, 2.75) is 26.3 Å². The molecule has 2 fully saturated rings. The summed E-state index contributed by atoms with van der Waals surface area (Å²) in [6, 6.07) is 0.470. The number of ether oxygens (including phenoxy) is 1. The largest absolute Gasteiger partial charge is 0.387 e. The van der Waals surface area contributed by atoms with Gasteiger partial charge in [0.1, 0.15) is 5.71 Å². The Balaban J connectivity index is 1.99. The molecule has 2 aliphatic rings. The highest BCUT2D eigenvalue weighted by Gasteiger charge is 2.21. The maximum atomic E-state index is 12.2. The van der Waals surface area contributed by atoms with Crippen molar-refractivity contribution in [3.63, 3.8) is 0 Å². The van der Waals surface area contributed by atoms with Crippen LogP contribution in [0.3, 0.4) is 0 Å². The first-order chi connectivity index (χ1) is 10.1. The lowest BCUT2D eigenvalue weighted by Gasteiger charge is -2.27. The highest BCUT2D eigenvalue weighted by atomic mass is 16.5. The minimum Gasteiger partial charge on any atom is -0.387 e. The van der Waals surface area contributed by atoms with Gasteiger partial charge in [-0.3, -0.25) is 15.1 Å². The first-order valence-corrected chi connectivity index (χ1v) is 7.72. The first-order valence-electron chi connectivity index (χ1n) is 7.72. The highest BCUT2D eigenvalue weighted by molar-refractivity contribution is 6.42. The fourth-order valence-electron chi connectivity index (χ4n) is 2.60. The molecule has 0 radical (unpaired) electrons. The van der Waals surface area contributed by atoms with Gasteiger partial charge in [-0.05, 0) is 26.3 Å². The van der Waals surface area contributed by atoms with E-state index in [0.29, 0.717) is 32.3 Å². The van der Waals surface area contributed by atoms with Crippen molar-refractivity contribution in [2.75, 3.05) is 45.9 Å². The molecule has 0 bridgehead atoms. The lowest BCUT2D eigenvalue weighted by molar-refractivity contribution is -0.127. The Bertz CT molecular complexity index is 414. The van der Waals surface area contributed by atoms with Gasteiger partial charge in [0, 0.05) is 44.5 Å². The summed E-state index contributed by atoms with van der Waals surface area (Å²) in [4.78, 5) is 16.3. The molecule has 2 rings (SSSR count). The summed E-state index contributed by atoms with van der Waals surface area (Å²) >= 11 is 0. The molecular weight excluding hydrogens is 268 g/mol. The van der Waals surface area contributed by atoms with Gasteiger partial charge in [0.15, 0.2) is 0 Å². The Morgan fingerprint density at radius 1 is 1.33 bits per heavy atom. The topological polar surface area (TPSA) is 68.7 Å². The zero-order valence-corrected chi connectivity index (χ0v) is 13.0. The van der Waals surface area contributed by atoms with Crippen LogP contribution in [0, 0.1) is 5.41 Å². The van der Waals surface area contributed by atoms with E-state index < -0.39 is 0 Å². The third kappa shape index (κ3) is 4.54. The normalized spacial score (nSPS) is 23.0. The van der Waals surface area contributed by atoms with E-state index in [1.54, 1.807) is 11.0 Å². The fraction of sp³-hybridized carbons (Fsp3) is 0.733. The van der Waals surface area contributed by atoms with Crippen LogP contribution < -0.4 is 5.32 Å². The van der Waals surface area contributed by atoms with Crippen LogP contribution in [0.25, 0.3) is 0 Å². The number of morpholine rings is 1. The van der Waals surface area contributed by atoms with E-state index in [2.05, 4.69) is 24.1 Å². The predicted octanol–water partition coefficient (Wildman–Crippen LogP) is 0.453. The molecule has 6 nitrogen and oxygen atoms in total. The molecule has 0 aliphatic carbocycles. The van der Waals surface area contributed by atoms with Crippen LogP contribution in [0.2, 0.25) is 0 Å². The van der Waals surface area contributed by atoms with E-state index >= 15 is 0 Å². The molecule has 0 saturated carbocycles. The summed E-state index contributed by atoms with van der Waals surface area (Å²) in [5.74, 6) is -0.201. The van der Waals surface area contributed by atoms with E-state index in [-0.39, 0.29) is 11.6 Å². The van der Waals surface area contributed by atoms with E-state index in [9.17, 15) is 4.79 Å². The average Bonchev–Trinajstić information content (AvgIpc) is 2.73. The number of hydrogen-bond donors (Lipinski definition) is 2. The van der Waals surface area contributed by atoms with Crippen LogP contribution in [-0.4, -0.2) is 73.4 Å². The predicted molar refractivity (Wildman–Crippen MR) is 82.5 cm³/mol. The summed E-state index contributed by atoms with van der Waals surface area (Å²) < 4.78 is 5.24. The Morgan fingerprint density at radius 3 is 2.71 bits per heavy atom. The second kappa shape index (κ2) is 7.56. The van der Waals surface area contributed by atoms with Gasteiger partial charge < -0.3 is 15.0 Å². The fourth-order valence-corrected chi connectivity index (χ4v) is 2.60. The highest BCUT2D eigenvalue weighted by Crippen LogP contribution is 2.08. The molecular formula is C15H26N4O2. The SMILES string of the molecule is CC(C)N1CCCN/C(=C\C(=N)C(=O)N2CCOCC2)C1. The second-order valence-electron chi connectivity index (χ2n) is 5.83. The number of carbonyl (C=O) groups is 1. The smallest absolute Gasteiger partial charge is 0.271 e. The lowest BCUT2D eigenvalue weighted by atomic mass is 10.2. The Labute approximate surface area is 126 Å². The van der Waals surface area contributed by atoms with Crippen molar-refractivity contribution < 1.29 is 9.53 Å². The zero-order valence-electron chi connectivity index (χ0n) is 13.0. The minimum absolute atomic E-state index is 0.0602. The Hall–Kier alpha value is -1.40. The van der Waals surface area contributed by atoms with E-state index in [0.717, 1.165) is 31.8 Å². The Kier molecular flexibility index (Phi) is 5.76. The molecule has 2 N–H and O–H groups in total. The molecule has 2 aliphatic heterocycles. The van der Waals surface area contributed by atoms with Crippen LogP contribution in [0.1, 0.15) is 20.3 Å². The van der Waals surface area contributed by atoms with Crippen molar-refractivity contribution in [1.82, 2.24) is 15.1 Å². The molecule has 0 atom stereocenters. The third-order valence-electron chi connectivity index (χ3n) is 3.93. The molecule has 118 valence electrons. The molecule has 0 aromatic carbocycles. The molecule has 6 heteroatoms. The van der Waals surface area contributed by atoms with Crippen molar-refractivity contribution in [3.8, 4) is 0 Å². The van der Waals surface area contributed by atoms with Crippen molar-refractivity contribution in [2.24, 2.45) is 0 Å². The maximum Gasteiger partial charge on any atom is 0.271 e. The number of rotatable bonds is 3. The molecule has 0 unspecified atom stereocenters. The van der Waals surface area contributed by atoms with Gasteiger partial charge in [-0.15, -0.1) is 0 Å². The standard InChI is InChI=1S/C15H26N4O2/c1-12(2)19-5-3-4-17-13(11-19)10-14(16)15(20)18-6-8-21-9-7-18/h10,12,16-17H,3-9,11H2,1-2H3/b13-10-,16-14?. The number of nitrogens with one attached hydrogen (secondary N) is 2. The van der Waals surface area contributed by atoms with Gasteiger partial charge >= 0.3 is 0 Å². The summed E-state index contributed by atoms with van der Waals surface area (Å²) in [5, 5.41) is 11.4. The number of hydrogen-bond acceptors (Lipinski definition) is 5. The first kappa shape index (κ1) is 16.0. The summed E-state index contributed by atoms with van der Waals surface area (Å²) in [6.45, 7) is 9.35. The average molecular weight is 294 g/mol. The summed E-state index contributed by atoms with van der Waals surface area (Å²) in [6.07, 6.45) is 2.78. The van der Waals surface area contributed by atoms with Crippen molar-refractivity contribution in [1.29, 1.82) is 5.41 Å². The molecule has 0 aromatic heterocycles. The molecule has 2 saturated heterocycles. The molecule has 0 aromatic rings. The van der Waals surface area contributed by atoms with Crippen LogP contribution in [0.4, 0.5) is 0 Å². The Morgan fingerprint density at radius 2 is 2.05 bits per heavy atom. The van der Waals surface area contributed by atoms with E-state index in [1.165, 1.54) is 0 Å². The summed E-state index contributed by atoms with van der Waals surface area (Å²) in [7, 11) is 0.